The first kappa shape index (κ1) is 22.1. The van der Waals surface area contributed by atoms with E-state index in [1.807, 2.05) is 30.5 Å². The van der Waals surface area contributed by atoms with E-state index in [-0.39, 0.29) is 23.5 Å². The quantitative estimate of drug-likeness (QED) is 0.608. The van der Waals surface area contributed by atoms with Crippen LogP contribution in [-0.2, 0) is 14.6 Å². The zero-order chi connectivity index (χ0) is 22.2. The Morgan fingerprint density at radius 1 is 1.19 bits per heavy atom. The van der Waals surface area contributed by atoms with Gasteiger partial charge in [-0.3, -0.25) is 9.36 Å². The van der Waals surface area contributed by atoms with Gasteiger partial charge in [-0.15, -0.1) is 10.2 Å². The Labute approximate surface area is 187 Å². The lowest BCUT2D eigenvalue weighted by atomic mass is 10.2. The molecule has 4 rings (SSSR count). The van der Waals surface area contributed by atoms with Gasteiger partial charge < -0.3 is 9.80 Å². The van der Waals surface area contributed by atoms with Gasteiger partial charge in [-0.25, -0.2) is 8.42 Å². The number of sulfone groups is 1. The van der Waals surface area contributed by atoms with Gasteiger partial charge in [0.1, 0.15) is 0 Å². The lowest BCUT2D eigenvalue weighted by Gasteiger charge is -2.26. The molecule has 0 spiro atoms. The number of aromatic nitrogens is 3. The molecule has 0 bridgehead atoms. The second-order valence-corrected chi connectivity index (χ2v) is 12.0. The van der Waals surface area contributed by atoms with Crippen LogP contribution in [0.3, 0.4) is 0 Å². The Balaban J connectivity index is 1.57. The highest BCUT2D eigenvalue weighted by molar-refractivity contribution is 8.00. The molecule has 168 valence electrons. The average Bonchev–Trinajstić information content (AvgIpc) is 3.47. The van der Waals surface area contributed by atoms with Crippen molar-refractivity contribution in [1.82, 2.24) is 19.7 Å². The number of rotatable bonds is 6. The first-order valence-corrected chi connectivity index (χ1v) is 13.4. The lowest BCUT2D eigenvalue weighted by molar-refractivity contribution is -0.130. The Kier molecular flexibility index (Phi) is 6.30. The molecule has 10 heteroatoms. The summed E-state index contributed by atoms with van der Waals surface area (Å²) in [6, 6.07) is 7.95. The molecule has 0 radical (unpaired) electrons. The third-order valence-electron chi connectivity index (χ3n) is 6.03. The summed E-state index contributed by atoms with van der Waals surface area (Å²) in [5, 5.41) is 9.15. The number of anilines is 1. The predicted molar refractivity (Wildman–Crippen MR) is 123 cm³/mol. The molecule has 0 saturated carbocycles. The molecule has 1 amide bonds. The number of benzene rings is 1. The van der Waals surface area contributed by atoms with Gasteiger partial charge in [0.05, 0.1) is 22.4 Å². The lowest BCUT2D eigenvalue weighted by Crippen LogP contribution is -2.41. The average molecular weight is 464 g/mol. The van der Waals surface area contributed by atoms with Gasteiger partial charge in [0.25, 0.3) is 0 Å². The van der Waals surface area contributed by atoms with E-state index in [0.29, 0.717) is 11.6 Å². The molecule has 31 heavy (non-hydrogen) atoms. The molecule has 2 atom stereocenters. The van der Waals surface area contributed by atoms with Crippen LogP contribution in [0, 0.1) is 6.92 Å². The Bertz CT molecular complexity index is 1050. The van der Waals surface area contributed by atoms with Crippen LogP contribution in [0.1, 0.15) is 31.7 Å². The van der Waals surface area contributed by atoms with Crippen LogP contribution in [0.4, 0.5) is 5.95 Å². The van der Waals surface area contributed by atoms with E-state index >= 15 is 0 Å². The van der Waals surface area contributed by atoms with E-state index in [1.54, 1.807) is 11.9 Å². The highest BCUT2D eigenvalue weighted by Gasteiger charge is 2.35. The second kappa shape index (κ2) is 8.82. The van der Waals surface area contributed by atoms with Crippen LogP contribution in [0.25, 0.3) is 5.69 Å². The van der Waals surface area contributed by atoms with Crippen molar-refractivity contribution in [3.8, 4) is 5.69 Å². The van der Waals surface area contributed by atoms with Crippen LogP contribution in [0.2, 0.25) is 0 Å². The summed E-state index contributed by atoms with van der Waals surface area (Å²) < 4.78 is 25.7. The monoisotopic (exact) mass is 463 g/mol. The number of hydrogen-bond donors (Lipinski definition) is 0. The molecule has 2 aliphatic heterocycles. The van der Waals surface area contributed by atoms with Crippen molar-refractivity contribution in [2.24, 2.45) is 0 Å². The zero-order valence-corrected chi connectivity index (χ0v) is 19.8. The molecule has 0 aliphatic carbocycles. The number of thioether (sulfide) groups is 1. The summed E-state index contributed by atoms with van der Waals surface area (Å²) in [5.74, 6) is 0.912. The number of carbonyl (C=O) groups is 1. The van der Waals surface area contributed by atoms with E-state index in [2.05, 4.69) is 27.2 Å². The van der Waals surface area contributed by atoms with E-state index in [1.165, 1.54) is 17.3 Å². The molecule has 1 aromatic heterocycles. The van der Waals surface area contributed by atoms with Crippen molar-refractivity contribution in [1.29, 1.82) is 0 Å². The van der Waals surface area contributed by atoms with Crippen molar-refractivity contribution in [2.45, 2.75) is 49.6 Å². The Hall–Kier alpha value is -2.07. The highest BCUT2D eigenvalue weighted by atomic mass is 32.2. The van der Waals surface area contributed by atoms with E-state index < -0.39 is 15.1 Å². The van der Waals surface area contributed by atoms with Gasteiger partial charge in [-0.05, 0) is 45.2 Å². The first-order chi connectivity index (χ1) is 14.7. The van der Waals surface area contributed by atoms with E-state index in [4.69, 9.17) is 0 Å². The molecular formula is C21H29N5O3S2. The maximum Gasteiger partial charge on any atom is 0.235 e. The van der Waals surface area contributed by atoms with Crippen molar-refractivity contribution in [3.05, 3.63) is 29.8 Å². The van der Waals surface area contributed by atoms with Crippen molar-refractivity contribution in [3.63, 3.8) is 0 Å². The van der Waals surface area contributed by atoms with E-state index in [9.17, 15) is 13.2 Å². The molecule has 2 fully saturated rings. The summed E-state index contributed by atoms with van der Waals surface area (Å²) in [5.41, 5.74) is 2.14. The first-order valence-electron chi connectivity index (χ1n) is 10.7. The fourth-order valence-corrected chi connectivity index (χ4v) is 6.87. The number of nitrogens with zero attached hydrogens (tertiary/aromatic N) is 5. The number of hydrogen-bond acceptors (Lipinski definition) is 7. The number of amides is 1. The SMILES string of the molecule is Cc1ccc(-n2c(SC(C)C(=O)N(C)C3CCS(=O)(=O)C3)nnc2N2CCCC2)cc1. The molecule has 2 unspecified atom stereocenters. The Morgan fingerprint density at radius 3 is 2.48 bits per heavy atom. The molecule has 0 N–H and O–H groups in total. The molecule has 2 aliphatic rings. The predicted octanol–water partition coefficient (Wildman–Crippen LogP) is 2.30. The van der Waals surface area contributed by atoms with Gasteiger partial charge in [0.2, 0.25) is 11.9 Å². The van der Waals surface area contributed by atoms with Gasteiger partial charge in [0, 0.05) is 26.2 Å². The molecule has 2 saturated heterocycles. The van der Waals surface area contributed by atoms with Gasteiger partial charge in [-0.1, -0.05) is 29.5 Å². The third kappa shape index (κ3) is 4.74. The summed E-state index contributed by atoms with van der Waals surface area (Å²) in [7, 11) is -1.34. The fraction of sp³-hybridized carbons (Fsp3) is 0.571. The minimum Gasteiger partial charge on any atom is -0.341 e. The normalized spacial score (nSPS) is 21.4. The summed E-state index contributed by atoms with van der Waals surface area (Å²) in [6.45, 7) is 5.79. The number of carbonyl (C=O) groups excluding carboxylic acids is 1. The second-order valence-electron chi connectivity index (χ2n) is 8.41. The van der Waals surface area contributed by atoms with Gasteiger partial charge >= 0.3 is 0 Å². The minimum atomic E-state index is -3.04. The maximum absolute atomic E-state index is 13.0. The summed E-state index contributed by atoms with van der Waals surface area (Å²) >= 11 is 1.37. The van der Waals surface area contributed by atoms with Crippen molar-refractivity contribution >= 4 is 33.5 Å². The maximum atomic E-state index is 13.0. The van der Waals surface area contributed by atoms with E-state index in [0.717, 1.165) is 37.6 Å². The van der Waals surface area contributed by atoms with Gasteiger partial charge in [-0.2, -0.15) is 0 Å². The van der Waals surface area contributed by atoms with Crippen LogP contribution in [0.15, 0.2) is 29.4 Å². The Morgan fingerprint density at radius 2 is 1.87 bits per heavy atom. The van der Waals surface area contributed by atoms with Crippen LogP contribution < -0.4 is 4.90 Å². The summed E-state index contributed by atoms with van der Waals surface area (Å²) in [6.07, 6.45) is 2.76. The summed E-state index contributed by atoms with van der Waals surface area (Å²) in [4.78, 5) is 16.9. The zero-order valence-electron chi connectivity index (χ0n) is 18.2. The van der Waals surface area contributed by atoms with Crippen LogP contribution in [0.5, 0.6) is 0 Å². The third-order valence-corrected chi connectivity index (χ3v) is 8.81. The van der Waals surface area contributed by atoms with Crippen molar-refractivity contribution < 1.29 is 13.2 Å². The topological polar surface area (TPSA) is 88.4 Å². The molecular weight excluding hydrogens is 434 g/mol. The largest absolute Gasteiger partial charge is 0.341 e. The molecule has 8 nitrogen and oxygen atoms in total. The number of aryl methyl sites for hydroxylation is 1. The van der Waals surface area contributed by atoms with Gasteiger partial charge in [0.15, 0.2) is 15.0 Å². The molecule has 2 aromatic rings. The smallest absolute Gasteiger partial charge is 0.235 e. The van der Waals surface area contributed by atoms with Crippen LogP contribution >= 0.6 is 11.8 Å². The molecule has 1 aromatic carbocycles. The van der Waals surface area contributed by atoms with Crippen molar-refractivity contribution in [2.75, 3.05) is 36.5 Å². The minimum absolute atomic E-state index is 0.0469. The van der Waals surface area contributed by atoms with Crippen LogP contribution in [-0.4, -0.2) is 76.9 Å². The molecule has 3 heterocycles. The fourth-order valence-electron chi connectivity index (χ4n) is 4.14. The standard InChI is InChI=1S/C21H29N5O3S2/c1-15-6-8-17(9-7-15)26-20(25-11-4-5-12-25)22-23-21(26)30-16(2)19(27)24(3)18-10-13-31(28,29)14-18/h6-9,16,18H,4-5,10-14H2,1-3H3. The highest BCUT2D eigenvalue weighted by Crippen LogP contribution is 2.32.